The summed E-state index contributed by atoms with van der Waals surface area (Å²) in [6, 6.07) is 7.01. The van der Waals surface area contributed by atoms with Crippen LogP contribution < -0.4 is 5.32 Å². The normalized spacial score (nSPS) is 11.7. The van der Waals surface area contributed by atoms with E-state index in [4.69, 9.17) is 4.74 Å². The molecule has 1 aromatic rings. The summed E-state index contributed by atoms with van der Waals surface area (Å²) in [4.78, 5) is 23.1. The standard InChI is InChI=1S/C13H16BrNO3/c1-3-9(2)15-12(16)8-18-13(17)10-6-4-5-7-11(10)14/h4-7,9H,3,8H2,1-2H3,(H,15,16). The number of nitrogens with one attached hydrogen (secondary N) is 1. The van der Waals surface area contributed by atoms with E-state index in [9.17, 15) is 9.59 Å². The maximum Gasteiger partial charge on any atom is 0.339 e. The van der Waals surface area contributed by atoms with Crippen LogP contribution in [0.2, 0.25) is 0 Å². The van der Waals surface area contributed by atoms with Gasteiger partial charge in [-0.2, -0.15) is 0 Å². The van der Waals surface area contributed by atoms with Crippen molar-refractivity contribution < 1.29 is 14.3 Å². The predicted octanol–water partition coefficient (Wildman–Crippen LogP) is 2.52. The fourth-order valence-corrected chi connectivity index (χ4v) is 1.70. The van der Waals surface area contributed by atoms with Gasteiger partial charge in [0.2, 0.25) is 0 Å². The minimum absolute atomic E-state index is 0.0830. The molecular weight excluding hydrogens is 298 g/mol. The summed E-state index contributed by atoms with van der Waals surface area (Å²) in [6.07, 6.45) is 0.837. The second kappa shape index (κ2) is 7.16. The molecule has 5 heteroatoms. The first kappa shape index (κ1) is 14.7. The Balaban J connectivity index is 2.47. The van der Waals surface area contributed by atoms with Crippen LogP contribution in [0.25, 0.3) is 0 Å². The van der Waals surface area contributed by atoms with Crippen LogP contribution in [0.3, 0.4) is 0 Å². The first-order valence-corrected chi connectivity index (χ1v) is 6.55. The molecule has 18 heavy (non-hydrogen) atoms. The van der Waals surface area contributed by atoms with Crippen LogP contribution in [0.1, 0.15) is 30.6 Å². The summed E-state index contributed by atoms with van der Waals surface area (Å²) in [5.74, 6) is -0.800. The fraction of sp³-hybridized carbons (Fsp3) is 0.385. The van der Waals surface area contributed by atoms with Gasteiger partial charge in [-0.25, -0.2) is 4.79 Å². The molecule has 0 aliphatic carbocycles. The minimum Gasteiger partial charge on any atom is -0.452 e. The van der Waals surface area contributed by atoms with Gasteiger partial charge < -0.3 is 10.1 Å². The second-order valence-electron chi connectivity index (χ2n) is 3.93. The van der Waals surface area contributed by atoms with Crippen LogP contribution in [-0.4, -0.2) is 24.5 Å². The Morgan fingerprint density at radius 2 is 2.06 bits per heavy atom. The van der Waals surface area contributed by atoms with Crippen molar-refractivity contribution in [2.75, 3.05) is 6.61 Å². The van der Waals surface area contributed by atoms with Crippen molar-refractivity contribution in [3.05, 3.63) is 34.3 Å². The minimum atomic E-state index is -0.512. The van der Waals surface area contributed by atoms with Gasteiger partial charge in [-0.05, 0) is 41.4 Å². The number of carbonyl (C=O) groups excluding carboxylic acids is 2. The lowest BCUT2D eigenvalue weighted by Gasteiger charge is -2.11. The number of halogens is 1. The SMILES string of the molecule is CCC(C)NC(=O)COC(=O)c1ccccc1Br. The Morgan fingerprint density at radius 3 is 2.67 bits per heavy atom. The molecule has 1 rings (SSSR count). The Labute approximate surface area is 115 Å². The number of rotatable bonds is 5. The summed E-state index contributed by atoms with van der Waals surface area (Å²) < 4.78 is 5.59. The summed E-state index contributed by atoms with van der Waals surface area (Å²) >= 11 is 3.25. The van der Waals surface area contributed by atoms with Crippen molar-refractivity contribution in [2.24, 2.45) is 0 Å². The van der Waals surface area contributed by atoms with Crippen LogP contribution in [0.15, 0.2) is 28.7 Å². The molecule has 0 aliphatic heterocycles. The zero-order valence-corrected chi connectivity index (χ0v) is 12.0. The molecule has 1 aromatic carbocycles. The first-order valence-electron chi connectivity index (χ1n) is 5.75. The average Bonchev–Trinajstić information content (AvgIpc) is 2.36. The van der Waals surface area contributed by atoms with E-state index in [-0.39, 0.29) is 18.6 Å². The van der Waals surface area contributed by atoms with Gasteiger partial charge in [0.15, 0.2) is 6.61 Å². The molecule has 0 aliphatic rings. The quantitative estimate of drug-likeness (QED) is 0.850. The Morgan fingerprint density at radius 1 is 1.39 bits per heavy atom. The van der Waals surface area contributed by atoms with Gasteiger partial charge in [0.25, 0.3) is 5.91 Å². The fourth-order valence-electron chi connectivity index (χ4n) is 1.25. The molecule has 1 N–H and O–H groups in total. The van der Waals surface area contributed by atoms with E-state index in [0.29, 0.717) is 10.0 Å². The van der Waals surface area contributed by atoms with Gasteiger partial charge in [-0.1, -0.05) is 19.1 Å². The molecule has 4 nitrogen and oxygen atoms in total. The molecule has 0 saturated carbocycles. The number of hydrogen-bond donors (Lipinski definition) is 1. The van der Waals surface area contributed by atoms with Crippen LogP contribution in [0, 0.1) is 0 Å². The van der Waals surface area contributed by atoms with E-state index < -0.39 is 5.97 Å². The van der Waals surface area contributed by atoms with E-state index in [0.717, 1.165) is 6.42 Å². The van der Waals surface area contributed by atoms with E-state index in [2.05, 4.69) is 21.2 Å². The molecular formula is C13H16BrNO3. The molecule has 0 saturated heterocycles. The predicted molar refractivity (Wildman–Crippen MR) is 72.3 cm³/mol. The van der Waals surface area contributed by atoms with Crippen molar-refractivity contribution in [1.29, 1.82) is 0 Å². The number of hydrogen-bond acceptors (Lipinski definition) is 3. The average molecular weight is 314 g/mol. The van der Waals surface area contributed by atoms with E-state index >= 15 is 0 Å². The second-order valence-corrected chi connectivity index (χ2v) is 4.79. The molecule has 0 heterocycles. The third-order valence-electron chi connectivity index (χ3n) is 2.45. The first-order chi connectivity index (χ1) is 8.54. The highest BCUT2D eigenvalue weighted by atomic mass is 79.9. The third-order valence-corrected chi connectivity index (χ3v) is 3.14. The molecule has 0 spiro atoms. The number of benzene rings is 1. The van der Waals surface area contributed by atoms with Crippen molar-refractivity contribution in [3.8, 4) is 0 Å². The molecule has 0 aromatic heterocycles. The monoisotopic (exact) mass is 313 g/mol. The Hall–Kier alpha value is -1.36. The number of amides is 1. The van der Waals surface area contributed by atoms with Crippen molar-refractivity contribution in [3.63, 3.8) is 0 Å². The lowest BCUT2D eigenvalue weighted by atomic mass is 10.2. The highest BCUT2D eigenvalue weighted by molar-refractivity contribution is 9.10. The van der Waals surface area contributed by atoms with Crippen LogP contribution in [-0.2, 0) is 9.53 Å². The van der Waals surface area contributed by atoms with Crippen molar-refractivity contribution in [1.82, 2.24) is 5.32 Å². The van der Waals surface area contributed by atoms with Crippen molar-refractivity contribution in [2.45, 2.75) is 26.3 Å². The van der Waals surface area contributed by atoms with Crippen LogP contribution in [0.5, 0.6) is 0 Å². The van der Waals surface area contributed by atoms with Gasteiger partial charge in [-0.3, -0.25) is 4.79 Å². The van der Waals surface area contributed by atoms with E-state index in [1.165, 1.54) is 0 Å². The molecule has 0 bridgehead atoms. The largest absolute Gasteiger partial charge is 0.452 e. The van der Waals surface area contributed by atoms with Gasteiger partial charge >= 0.3 is 5.97 Å². The summed E-state index contributed by atoms with van der Waals surface area (Å²) in [5.41, 5.74) is 0.411. The summed E-state index contributed by atoms with van der Waals surface area (Å²) in [7, 11) is 0. The van der Waals surface area contributed by atoms with Crippen LogP contribution >= 0.6 is 15.9 Å². The molecule has 98 valence electrons. The molecule has 1 atom stereocenters. The maximum atomic E-state index is 11.7. The van der Waals surface area contributed by atoms with Crippen molar-refractivity contribution >= 4 is 27.8 Å². The number of ether oxygens (including phenoxy) is 1. The lowest BCUT2D eigenvalue weighted by molar-refractivity contribution is -0.124. The van der Waals surface area contributed by atoms with E-state index in [1.807, 2.05) is 13.8 Å². The summed E-state index contributed by atoms with van der Waals surface area (Å²) in [5, 5.41) is 2.72. The number of esters is 1. The smallest absolute Gasteiger partial charge is 0.339 e. The molecule has 1 unspecified atom stereocenters. The van der Waals surface area contributed by atoms with E-state index in [1.54, 1.807) is 24.3 Å². The van der Waals surface area contributed by atoms with Gasteiger partial charge in [0.1, 0.15) is 0 Å². The summed E-state index contributed by atoms with van der Waals surface area (Å²) in [6.45, 7) is 3.61. The van der Waals surface area contributed by atoms with Gasteiger partial charge in [-0.15, -0.1) is 0 Å². The lowest BCUT2D eigenvalue weighted by Crippen LogP contribution is -2.35. The van der Waals surface area contributed by atoms with Gasteiger partial charge in [0.05, 0.1) is 5.56 Å². The zero-order valence-electron chi connectivity index (χ0n) is 10.4. The topological polar surface area (TPSA) is 55.4 Å². The maximum absolute atomic E-state index is 11.7. The third kappa shape index (κ3) is 4.49. The zero-order chi connectivity index (χ0) is 13.5. The van der Waals surface area contributed by atoms with Crippen LogP contribution in [0.4, 0.5) is 0 Å². The Kier molecular flexibility index (Phi) is 5.85. The molecule has 0 radical (unpaired) electrons. The molecule has 1 amide bonds. The highest BCUT2D eigenvalue weighted by Crippen LogP contribution is 2.16. The number of carbonyl (C=O) groups is 2. The molecule has 0 fully saturated rings. The van der Waals surface area contributed by atoms with Gasteiger partial charge in [0, 0.05) is 10.5 Å². The highest BCUT2D eigenvalue weighted by Gasteiger charge is 2.13. The Bertz CT molecular complexity index is 434.